The van der Waals surface area contributed by atoms with Gasteiger partial charge in [0.15, 0.2) is 6.29 Å². The van der Waals surface area contributed by atoms with Crippen LogP contribution >= 0.6 is 0 Å². The van der Waals surface area contributed by atoms with E-state index in [-0.39, 0.29) is 12.8 Å². The van der Waals surface area contributed by atoms with Crippen molar-refractivity contribution < 1.29 is 50.0 Å². The molecule has 1 fully saturated rings. The molecule has 0 aromatic rings. The average molecular weight is 985 g/mol. The molecule has 11 heteroatoms. The number of carbonyl (C=O) groups excluding carboxylic acids is 1. The summed E-state index contributed by atoms with van der Waals surface area (Å²) in [6.07, 6.45) is 44.1. The Morgan fingerprint density at radius 3 is 1.25 bits per heavy atom. The van der Waals surface area contributed by atoms with Crippen LogP contribution in [0.5, 0.6) is 0 Å². The molecule has 11 nitrogen and oxygen atoms in total. The summed E-state index contributed by atoms with van der Waals surface area (Å²) < 4.78 is 11.1. The number of rotatable bonds is 51. The van der Waals surface area contributed by atoms with Crippen molar-refractivity contribution in [1.29, 1.82) is 0 Å². The molecule has 1 heterocycles. The minimum absolute atomic E-state index is 0.260. The number of unbranched alkanes of at least 4 members (excludes halogenated alkanes) is 37. The largest absolute Gasteiger partial charge is 0.394 e. The van der Waals surface area contributed by atoms with E-state index in [1.54, 1.807) is 0 Å². The summed E-state index contributed by atoms with van der Waals surface area (Å²) in [7, 11) is 0. The van der Waals surface area contributed by atoms with E-state index in [2.05, 4.69) is 31.3 Å². The maximum absolute atomic E-state index is 13.2. The number of hydrogen-bond acceptors (Lipinski definition) is 10. The van der Waals surface area contributed by atoms with Crippen molar-refractivity contribution in [3.05, 3.63) is 12.2 Å². The van der Waals surface area contributed by atoms with Crippen LogP contribution in [0.25, 0.3) is 0 Å². The van der Waals surface area contributed by atoms with Gasteiger partial charge in [0.25, 0.3) is 0 Å². The van der Waals surface area contributed by atoms with Crippen molar-refractivity contribution in [3.63, 3.8) is 0 Å². The van der Waals surface area contributed by atoms with Crippen molar-refractivity contribution in [2.75, 3.05) is 13.2 Å². The lowest BCUT2D eigenvalue weighted by Crippen LogP contribution is -2.60. The molecule has 0 aromatic heterocycles. The van der Waals surface area contributed by atoms with Crippen molar-refractivity contribution in [1.82, 2.24) is 5.32 Å². The maximum atomic E-state index is 13.2. The monoisotopic (exact) mass is 984 g/mol. The third-order valence-electron chi connectivity index (χ3n) is 14.6. The molecule has 1 aliphatic heterocycles. The average Bonchev–Trinajstić information content (AvgIpc) is 3.35. The number of amides is 1. The number of allylic oxidation sites excluding steroid dienone is 2. The van der Waals surface area contributed by atoms with Crippen LogP contribution in [0.1, 0.15) is 284 Å². The highest BCUT2D eigenvalue weighted by Gasteiger charge is 2.44. The molecule has 9 atom stereocenters. The normalized spacial score (nSPS) is 20.4. The SMILES string of the molecule is CCCCCCCCCCCCCCCCCC/C=C/CCCC(O)C(O)C(COC1OC(CO)C(O)C(O)C1O)NC(=O)C(O)CCCCCCCCCCCCCCCCCCCCCCC. The quantitative estimate of drug-likeness (QED) is 0.0215. The second-order valence-corrected chi connectivity index (χ2v) is 21.1. The van der Waals surface area contributed by atoms with Crippen LogP contribution in [-0.2, 0) is 14.3 Å². The third-order valence-corrected chi connectivity index (χ3v) is 14.6. The van der Waals surface area contributed by atoms with Crippen LogP contribution in [0.4, 0.5) is 0 Å². The number of nitrogens with one attached hydrogen (secondary N) is 1. The predicted molar refractivity (Wildman–Crippen MR) is 284 cm³/mol. The standard InChI is InChI=1S/C58H113NO10/c1-3-5-7-9-11-13-15-17-19-21-23-25-27-29-31-33-35-37-39-41-43-45-50(61)53(63)49(48-68-58-56(66)55(65)54(64)52(47-60)69-58)59-57(67)51(62)46-44-42-40-38-36-34-32-30-28-26-24-22-20-18-16-14-12-10-8-6-4-2/h37,39,49-56,58,60-66H,3-36,38,40-48H2,1-2H3,(H,59,67)/b39-37+. The fourth-order valence-electron chi connectivity index (χ4n) is 9.74. The highest BCUT2D eigenvalue weighted by Crippen LogP contribution is 2.23. The summed E-state index contributed by atoms with van der Waals surface area (Å²) in [6, 6.07) is -1.18. The van der Waals surface area contributed by atoms with Gasteiger partial charge in [-0.05, 0) is 38.5 Å². The lowest BCUT2D eigenvalue weighted by Gasteiger charge is -2.40. The molecule has 9 unspecified atom stereocenters. The van der Waals surface area contributed by atoms with Crippen molar-refractivity contribution in [2.24, 2.45) is 0 Å². The molecule has 0 radical (unpaired) electrons. The van der Waals surface area contributed by atoms with E-state index < -0.39 is 74.2 Å². The van der Waals surface area contributed by atoms with Gasteiger partial charge in [0.05, 0.1) is 25.4 Å². The minimum atomic E-state index is -1.66. The van der Waals surface area contributed by atoms with Gasteiger partial charge in [-0.25, -0.2) is 0 Å². The number of aliphatic hydroxyl groups excluding tert-OH is 7. The Hall–Kier alpha value is -1.15. The second kappa shape index (κ2) is 47.8. The molecule has 0 aromatic carbocycles. The lowest BCUT2D eigenvalue weighted by atomic mass is 9.98. The molecule has 69 heavy (non-hydrogen) atoms. The molecule has 0 bridgehead atoms. The number of aliphatic hydroxyl groups is 7. The summed E-state index contributed by atoms with van der Waals surface area (Å²) in [6.45, 7) is 3.48. The zero-order valence-corrected chi connectivity index (χ0v) is 44.8. The van der Waals surface area contributed by atoms with Gasteiger partial charge in [-0.1, -0.05) is 257 Å². The van der Waals surface area contributed by atoms with E-state index in [1.807, 2.05) is 0 Å². The first-order valence-electron chi connectivity index (χ1n) is 29.6. The van der Waals surface area contributed by atoms with Gasteiger partial charge in [0.2, 0.25) is 5.91 Å². The van der Waals surface area contributed by atoms with Gasteiger partial charge < -0.3 is 50.5 Å². The zero-order valence-electron chi connectivity index (χ0n) is 44.8. The van der Waals surface area contributed by atoms with Gasteiger partial charge in [-0.2, -0.15) is 0 Å². The van der Waals surface area contributed by atoms with Crippen molar-refractivity contribution in [3.8, 4) is 0 Å². The molecule has 1 amide bonds. The Bertz CT molecular complexity index is 1130. The first kappa shape index (κ1) is 65.9. The molecule has 0 spiro atoms. The topological polar surface area (TPSA) is 189 Å². The molecular formula is C58H113NO10. The van der Waals surface area contributed by atoms with Gasteiger partial charge in [0.1, 0.15) is 36.6 Å². The van der Waals surface area contributed by atoms with Crippen LogP contribution in [0.3, 0.4) is 0 Å². The Kier molecular flexibility index (Phi) is 45.7. The Balaban J connectivity index is 2.32. The van der Waals surface area contributed by atoms with Crippen LogP contribution in [0, 0.1) is 0 Å². The molecule has 410 valence electrons. The van der Waals surface area contributed by atoms with Gasteiger partial charge in [-0.3, -0.25) is 4.79 Å². The third kappa shape index (κ3) is 36.4. The summed E-state index contributed by atoms with van der Waals surface area (Å²) >= 11 is 0. The smallest absolute Gasteiger partial charge is 0.249 e. The number of hydrogen-bond donors (Lipinski definition) is 8. The molecule has 0 aliphatic carbocycles. The summed E-state index contributed by atoms with van der Waals surface area (Å²) in [4.78, 5) is 13.2. The van der Waals surface area contributed by atoms with Crippen LogP contribution < -0.4 is 5.32 Å². The van der Waals surface area contributed by atoms with E-state index in [0.717, 1.165) is 38.5 Å². The Morgan fingerprint density at radius 2 is 0.855 bits per heavy atom. The number of ether oxygens (including phenoxy) is 2. The van der Waals surface area contributed by atoms with Gasteiger partial charge in [0, 0.05) is 0 Å². The lowest BCUT2D eigenvalue weighted by molar-refractivity contribution is -0.303. The van der Waals surface area contributed by atoms with Gasteiger partial charge >= 0.3 is 0 Å². The van der Waals surface area contributed by atoms with E-state index >= 15 is 0 Å². The second-order valence-electron chi connectivity index (χ2n) is 21.1. The zero-order chi connectivity index (χ0) is 50.4. The van der Waals surface area contributed by atoms with E-state index in [1.165, 1.54) is 205 Å². The van der Waals surface area contributed by atoms with E-state index in [0.29, 0.717) is 12.8 Å². The van der Waals surface area contributed by atoms with Crippen molar-refractivity contribution >= 4 is 5.91 Å². The van der Waals surface area contributed by atoms with Crippen LogP contribution in [0.15, 0.2) is 12.2 Å². The van der Waals surface area contributed by atoms with Crippen LogP contribution in [-0.4, -0.2) is 110 Å². The summed E-state index contributed by atoms with van der Waals surface area (Å²) in [5.74, 6) is -0.700. The summed E-state index contributed by atoms with van der Waals surface area (Å²) in [5, 5.41) is 76.2. The fourth-order valence-corrected chi connectivity index (χ4v) is 9.74. The fraction of sp³-hybridized carbons (Fsp3) is 0.948. The molecule has 1 rings (SSSR count). The highest BCUT2D eigenvalue weighted by molar-refractivity contribution is 5.80. The Labute approximate surface area is 423 Å². The molecule has 1 saturated heterocycles. The minimum Gasteiger partial charge on any atom is -0.394 e. The predicted octanol–water partition coefficient (Wildman–Crippen LogP) is 12.4. The molecule has 0 saturated carbocycles. The molecular weight excluding hydrogens is 871 g/mol. The van der Waals surface area contributed by atoms with Gasteiger partial charge in [-0.15, -0.1) is 0 Å². The first-order chi connectivity index (χ1) is 33.7. The van der Waals surface area contributed by atoms with E-state index in [9.17, 15) is 40.5 Å². The van der Waals surface area contributed by atoms with E-state index in [4.69, 9.17) is 9.47 Å². The molecule has 8 N–H and O–H groups in total. The van der Waals surface area contributed by atoms with Crippen molar-refractivity contribution in [2.45, 2.75) is 339 Å². The maximum Gasteiger partial charge on any atom is 0.249 e. The number of carbonyl (C=O) groups is 1. The summed E-state index contributed by atoms with van der Waals surface area (Å²) in [5.41, 5.74) is 0. The molecule has 1 aliphatic rings. The van der Waals surface area contributed by atoms with Crippen LogP contribution in [0.2, 0.25) is 0 Å². The Morgan fingerprint density at radius 1 is 0.493 bits per heavy atom. The highest BCUT2D eigenvalue weighted by atomic mass is 16.7. The first-order valence-corrected chi connectivity index (χ1v) is 29.6.